The zero-order valence-electron chi connectivity index (χ0n) is 10.4. The van der Waals surface area contributed by atoms with E-state index in [0.717, 1.165) is 22.4 Å². The molecule has 0 aliphatic rings. The number of imidazole rings is 1. The number of rotatable bonds is 2. The molecule has 1 aromatic carbocycles. The fourth-order valence-corrected chi connectivity index (χ4v) is 2.75. The molecular weight excluding hydrogens is 262 g/mol. The molecule has 0 saturated carbocycles. The first kappa shape index (κ1) is 11.9. The Hall–Kier alpha value is -2.21. The molecule has 2 aromatic heterocycles. The van der Waals surface area contributed by atoms with Crippen LogP contribution in [-0.2, 0) is 7.05 Å². The molecule has 3 rings (SSSR count). The van der Waals surface area contributed by atoms with Crippen LogP contribution in [0.1, 0.15) is 16.3 Å². The van der Waals surface area contributed by atoms with Crippen molar-refractivity contribution < 1.29 is 9.90 Å². The third-order valence-corrected chi connectivity index (χ3v) is 3.97. The lowest BCUT2D eigenvalue weighted by Gasteiger charge is -1.98. The topological polar surface area (TPSA) is 68.0 Å². The lowest BCUT2D eigenvalue weighted by Crippen LogP contribution is -1.95. The lowest BCUT2D eigenvalue weighted by atomic mass is 10.2. The van der Waals surface area contributed by atoms with E-state index in [4.69, 9.17) is 5.11 Å². The third kappa shape index (κ3) is 1.90. The second-order valence-electron chi connectivity index (χ2n) is 4.26. The van der Waals surface area contributed by atoms with E-state index in [9.17, 15) is 4.79 Å². The number of thiazole rings is 1. The zero-order chi connectivity index (χ0) is 13.6. The zero-order valence-corrected chi connectivity index (χ0v) is 11.2. The quantitative estimate of drug-likeness (QED) is 0.779. The van der Waals surface area contributed by atoms with E-state index in [1.54, 1.807) is 5.38 Å². The molecule has 0 amide bonds. The standard InChI is InChI=1S/C13H11N3O2S/c1-7-14-9-5-8(3-4-11(9)16(7)2)12-15-10(6-19-12)13(17)18/h3-6H,1-2H3,(H,17,18). The maximum Gasteiger partial charge on any atom is 0.355 e. The van der Waals surface area contributed by atoms with Crippen molar-refractivity contribution in [3.63, 3.8) is 0 Å². The number of aromatic nitrogens is 3. The van der Waals surface area contributed by atoms with Crippen molar-refractivity contribution in [2.75, 3.05) is 0 Å². The van der Waals surface area contributed by atoms with Crippen LogP contribution >= 0.6 is 11.3 Å². The molecule has 0 fully saturated rings. The van der Waals surface area contributed by atoms with Crippen LogP contribution in [0.15, 0.2) is 23.6 Å². The Kier molecular flexibility index (Phi) is 2.60. The van der Waals surface area contributed by atoms with Crippen molar-refractivity contribution in [1.82, 2.24) is 14.5 Å². The molecule has 0 aliphatic carbocycles. The summed E-state index contributed by atoms with van der Waals surface area (Å²) in [6.45, 7) is 1.95. The summed E-state index contributed by atoms with van der Waals surface area (Å²) in [4.78, 5) is 19.4. The number of hydrogen-bond acceptors (Lipinski definition) is 4. The Balaban J connectivity index is 2.12. The highest BCUT2D eigenvalue weighted by molar-refractivity contribution is 7.13. The molecular formula is C13H11N3O2S. The third-order valence-electron chi connectivity index (χ3n) is 3.07. The van der Waals surface area contributed by atoms with E-state index in [1.165, 1.54) is 11.3 Å². The van der Waals surface area contributed by atoms with Crippen LogP contribution in [-0.4, -0.2) is 25.6 Å². The molecule has 0 unspecified atom stereocenters. The first-order valence-electron chi connectivity index (χ1n) is 5.68. The average Bonchev–Trinajstić information content (AvgIpc) is 2.96. The molecule has 2 heterocycles. The second-order valence-corrected chi connectivity index (χ2v) is 5.12. The molecule has 0 aliphatic heterocycles. The molecule has 96 valence electrons. The maximum absolute atomic E-state index is 10.8. The van der Waals surface area contributed by atoms with Crippen molar-refractivity contribution in [2.45, 2.75) is 6.92 Å². The van der Waals surface area contributed by atoms with Gasteiger partial charge in [0.15, 0.2) is 5.69 Å². The molecule has 1 N–H and O–H groups in total. The molecule has 3 aromatic rings. The summed E-state index contributed by atoms with van der Waals surface area (Å²) in [6, 6.07) is 5.85. The van der Waals surface area contributed by atoms with Crippen molar-refractivity contribution in [3.05, 3.63) is 35.1 Å². The minimum absolute atomic E-state index is 0.0808. The highest BCUT2D eigenvalue weighted by atomic mass is 32.1. The van der Waals surface area contributed by atoms with Gasteiger partial charge in [-0.2, -0.15) is 0 Å². The van der Waals surface area contributed by atoms with E-state index in [2.05, 4.69) is 9.97 Å². The number of carbonyl (C=O) groups is 1. The Bertz CT molecular complexity index is 788. The predicted molar refractivity (Wildman–Crippen MR) is 73.5 cm³/mol. The van der Waals surface area contributed by atoms with E-state index in [-0.39, 0.29) is 5.69 Å². The van der Waals surface area contributed by atoms with Crippen LogP contribution in [0.2, 0.25) is 0 Å². The summed E-state index contributed by atoms with van der Waals surface area (Å²) >= 11 is 1.32. The van der Waals surface area contributed by atoms with Gasteiger partial charge in [0.25, 0.3) is 0 Å². The number of aromatic carboxylic acids is 1. The average molecular weight is 273 g/mol. The molecule has 0 radical (unpaired) electrons. The minimum atomic E-state index is -1.00. The van der Waals surface area contributed by atoms with Gasteiger partial charge in [0.2, 0.25) is 0 Å². The number of aryl methyl sites for hydroxylation is 2. The molecule has 0 saturated heterocycles. The van der Waals surface area contributed by atoms with Crippen LogP contribution < -0.4 is 0 Å². The van der Waals surface area contributed by atoms with Crippen LogP contribution in [0.5, 0.6) is 0 Å². The van der Waals surface area contributed by atoms with Gasteiger partial charge in [0, 0.05) is 18.0 Å². The molecule has 19 heavy (non-hydrogen) atoms. The number of carboxylic acids is 1. The first-order valence-corrected chi connectivity index (χ1v) is 6.56. The van der Waals surface area contributed by atoms with Crippen molar-refractivity contribution >= 4 is 28.3 Å². The Morgan fingerprint density at radius 1 is 1.37 bits per heavy atom. The Morgan fingerprint density at radius 3 is 2.84 bits per heavy atom. The molecule has 5 nitrogen and oxygen atoms in total. The van der Waals surface area contributed by atoms with E-state index in [0.29, 0.717) is 5.01 Å². The van der Waals surface area contributed by atoms with Gasteiger partial charge >= 0.3 is 5.97 Å². The summed E-state index contributed by atoms with van der Waals surface area (Å²) in [5, 5.41) is 11.1. The maximum atomic E-state index is 10.8. The minimum Gasteiger partial charge on any atom is -0.476 e. The van der Waals surface area contributed by atoms with Crippen LogP contribution in [0, 0.1) is 6.92 Å². The largest absolute Gasteiger partial charge is 0.476 e. The number of nitrogens with zero attached hydrogens (tertiary/aromatic N) is 3. The summed E-state index contributed by atoms with van der Waals surface area (Å²) in [7, 11) is 1.97. The summed E-state index contributed by atoms with van der Waals surface area (Å²) in [5.41, 5.74) is 2.92. The van der Waals surface area contributed by atoms with E-state index >= 15 is 0 Å². The van der Waals surface area contributed by atoms with Crippen molar-refractivity contribution in [2.24, 2.45) is 7.05 Å². The smallest absolute Gasteiger partial charge is 0.355 e. The van der Waals surface area contributed by atoms with Crippen LogP contribution in [0.4, 0.5) is 0 Å². The normalized spacial score (nSPS) is 11.1. The van der Waals surface area contributed by atoms with E-state index < -0.39 is 5.97 Å². The Morgan fingerprint density at radius 2 is 2.16 bits per heavy atom. The molecule has 0 atom stereocenters. The van der Waals surface area contributed by atoms with Gasteiger partial charge in [0.05, 0.1) is 11.0 Å². The van der Waals surface area contributed by atoms with Crippen molar-refractivity contribution in [1.29, 1.82) is 0 Å². The van der Waals surface area contributed by atoms with Crippen LogP contribution in [0.3, 0.4) is 0 Å². The van der Waals surface area contributed by atoms with Gasteiger partial charge in [-0.3, -0.25) is 0 Å². The number of carboxylic acid groups (broad SMARTS) is 1. The van der Waals surface area contributed by atoms with E-state index in [1.807, 2.05) is 36.7 Å². The van der Waals surface area contributed by atoms with Gasteiger partial charge in [-0.25, -0.2) is 14.8 Å². The van der Waals surface area contributed by atoms with Gasteiger partial charge in [-0.1, -0.05) is 0 Å². The van der Waals surface area contributed by atoms with Crippen molar-refractivity contribution in [3.8, 4) is 10.6 Å². The monoisotopic (exact) mass is 273 g/mol. The SMILES string of the molecule is Cc1nc2cc(-c3nc(C(=O)O)cs3)ccc2n1C. The van der Waals surface area contributed by atoms with Gasteiger partial charge < -0.3 is 9.67 Å². The Labute approximate surface area is 113 Å². The predicted octanol–water partition coefficient (Wildman–Crippen LogP) is 2.70. The second kappa shape index (κ2) is 4.17. The molecule has 0 spiro atoms. The number of fused-ring (bicyclic) bond motifs is 1. The van der Waals surface area contributed by atoms with Gasteiger partial charge in [-0.15, -0.1) is 11.3 Å². The fourth-order valence-electron chi connectivity index (χ4n) is 1.96. The highest BCUT2D eigenvalue weighted by Gasteiger charge is 2.11. The van der Waals surface area contributed by atoms with Crippen LogP contribution in [0.25, 0.3) is 21.6 Å². The molecule has 6 heteroatoms. The highest BCUT2D eigenvalue weighted by Crippen LogP contribution is 2.27. The first-order chi connectivity index (χ1) is 9.06. The summed E-state index contributed by atoms with van der Waals surface area (Å²) in [5.74, 6) is -0.0604. The lowest BCUT2D eigenvalue weighted by molar-refractivity contribution is 0.0691. The number of benzene rings is 1. The number of hydrogen-bond donors (Lipinski definition) is 1. The fraction of sp³-hybridized carbons (Fsp3) is 0.154. The van der Waals surface area contributed by atoms with Gasteiger partial charge in [0.1, 0.15) is 10.8 Å². The summed E-state index contributed by atoms with van der Waals surface area (Å²) in [6.07, 6.45) is 0. The van der Waals surface area contributed by atoms with Gasteiger partial charge in [-0.05, 0) is 25.1 Å². The molecule has 0 bridgehead atoms. The summed E-state index contributed by atoms with van der Waals surface area (Å²) < 4.78 is 2.02.